The molecule has 1 heteroatoms. The van der Waals surface area contributed by atoms with Crippen LogP contribution < -0.4 is 10.6 Å². The van der Waals surface area contributed by atoms with Crippen molar-refractivity contribution in [3.05, 3.63) is 34.4 Å². The van der Waals surface area contributed by atoms with Crippen molar-refractivity contribution >= 4 is 23.6 Å². The zero-order valence-corrected chi connectivity index (χ0v) is 11.0. The molecule has 3 rings (SSSR count). The Kier molecular flexibility index (Phi) is 2.99. The van der Waals surface area contributed by atoms with Gasteiger partial charge in [-0.15, -0.1) is 0 Å². The van der Waals surface area contributed by atoms with E-state index in [1.807, 2.05) is 0 Å². The Bertz CT molecular complexity index is 657. The third-order valence-corrected chi connectivity index (χ3v) is 4.19. The second-order valence-corrected chi connectivity index (χ2v) is 5.37. The monoisotopic (exact) mass is 240 g/mol. The van der Waals surface area contributed by atoms with Crippen LogP contribution >= 0.6 is 0 Å². The summed E-state index contributed by atoms with van der Waals surface area (Å²) in [5, 5.41) is 2.47. The minimum absolute atomic E-state index is 0.798. The Labute approximate surface area is 108 Å². The molecule has 0 amide bonds. The van der Waals surface area contributed by atoms with Crippen molar-refractivity contribution in [1.29, 1.82) is 0 Å². The van der Waals surface area contributed by atoms with Crippen molar-refractivity contribution < 1.29 is 4.42 Å². The van der Waals surface area contributed by atoms with Crippen LogP contribution in [-0.4, -0.2) is 0 Å². The summed E-state index contributed by atoms with van der Waals surface area (Å²) in [6, 6.07) is 6.41. The molecule has 1 aliphatic rings. The predicted octanol–water partition coefficient (Wildman–Crippen LogP) is 3.38. The molecule has 1 saturated carbocycles. The molecule has 0 atom stereocenters. The molecule has 0 bridgehead atoms. The van der Waals surface area contributed by atoms with Gasteiger partial charge in [-0.25, -0.2) is 0 Å². The number of furan rings is 1. The van der Waals surface area contributed by atoms with Crippen LogP contribution in [0.4, 0.5) is 0 Å². The Balaban J connectivity index is 2.13. The Hall–Kier alpha value is -1.50. The summed E-state index contributed by atoms with van der Waals surface area (Å²) in [6.45, 7) is 6.06. The third kappa shape index (κ3) is 1.88. The lowest BCUT2D eigenvalue weighted by atomic mass is 9.95. The van der Waals surface area contributed by atoms with Crippen LogP contribution in [0.15, 0.2) is 22.6 Å². The lowest BCUT2D eigenvalue weighted by Gasteiger charge is -2.09. The molecule has 1 nitrogen and oxygen atoms in total. The van der Waals surface area contributed by atoms with Crippen molar-refractivity contribution in [1.82, 2.24) is 0 Å². The highest BCUT2D eigenvalue weighted by molar-refractivity contribution is 5.82. The largest absolute Gasteiger partial charge is 0.457 e. The van der Waals surface area contributed by atoms with Gasteiger partial charge in [0.15, 0.2) is 0 Å². The summed E-state index contributed by atoms with van der Waals surface area (Å²) in [7, 11) is 0. The fourth-order valence-electron chi connectivity index (χ4n) is 3.30. The number of hydrogen-bond acceptors (Lipinski definition) is 1. The highest BCUT2D eigenvalue weighted by atomic mass is 16.3. The molecular formula is C17H20O. The topological polar surface area (TPSA) is 13.1 Å². The molecule has 1 aromatic heterocycles. The minimum atomic E-state index is 0.798. The molecule has 0 unspecified atom stereocenters. The first kappa shape index (κ1) is 11.6. The molecule has 94 valence electrons. The molecule has 1 heterocycles. The summed E-state index contributed by atoms with van der Waals surface area (Å²) < 4.78 is 5.75. The lowest BCUT2D eigenvalue weighted by molar-refractivity contribution is 0.548. The van der Waals surface area contributed by atoms with Gasteiger partial charge in [-0.05, 0) is 30.9 Å². The molecule has 2 aromatic rings. The van der Waals surface area contributed by atoms with Crippen LogP contribution in [0.5, 0.6) is 0 Å². The van der Waals surface area contributed by atoms with Crippen LogP contribution in [0.1, 0.15) is 38.2 Å². The number of benzene rings is 1. The second-order valence-electron chi connectivity index (χ2n) is 5.37. The first-order valence-corrected chi connectivity index (χ1v) is 6.95. The van der Waals surface area contributed by atoms with E-state index in [1.54, 1.807) is 0 Å². The highest BCUT2D eigenvalue weighted by Gasteiger charge is 2.17. The van der Waals surface area contributed by atoms with E-state index in [4.69, 9.17) is 4.42 Å². The van der Waals surface area contributed by atoms with Crippen LogP contribution in [0, 0.1) is 5.92 Å². The molecule has 0 spiro atoms. The predicted molar refractivity (Wildman–Crippen MR) is 76.8 cm³/mol. The van der Waals surface area contributed by atoms with Crippen LogP contribution in [0.2, 0.25) is 0 Å². The fourth-order valence-corrected chi connectivity index (χ4v) is 3.30. The van der Waals surface area contributed by atoms with Gasteiger partial charge in [0.2, 0.25) is 0 Å². The minimum Gasteiger partial charge on any atom is -0.457 e. The van der Waals surface area contributed by atoms with Gasteiger partial charge in [0.25, 0.3) is 0 Å². The standard InChI is InChI=1S/C17H20O/c1-3-15-12(2)18-16-10-6-9-14(17(15)16)11-13-7-4-5-8-13/h3,6,9-10,13H,2,4-5,7-8,11H2,1H3/b15-3+. The fraction of sp³-hybridized carbons (Fsp3) is 0.412. The van der Waals surface area contributed by atoms with E-state index < -0.39 is 0 Å². The van der Waals surface area contributed by atoms with Gasteiger partial charge in [0.1, 0.15) is 11.0 Å². The van der Waals surface area contributed by atoms with Crippen molar-refractivity contribution in [2.75, 3.05) is 0 Å². The Morgan fingerprint density at radius 2 is 2.11 bits per heavy atom. The average molecular weight is 240 g/mol. The normalized spacial score (nSPS) is 17.9. The molecule has 0 aliphatic heterocycles. The molecule has 18 heavy (non-hydrogen) atoms. The van der Waals surface area contributed by atoms with E-state index in [9.17, 15) is 0 Å². The molecule has 0 saturated heterocycles. The summed E-state index contributed by atoms with van der Waals surface area (Å²) in [4.78, 5) is 0. The number of fused-ring (bicyclic) bond motifs is 1. The van der Waals surface area contributed by atoms with E-state index in [2.05, 4.69) is 37.8 Å². The van der Waals surface area contributed by atoms with Crippen molar-refractivity contribution in [2.45, 2.75) is 39.0 Å². The molecule has 1 aromatic carbocycles. The van der Waals surface area contributed by atoms with E-state index in [1.165, 1.54) is 48.3 Å². The van der Waals surface area contributed by atoms with Gasteiger partial charge in [0, 0.05) is 10.6 Å². The van der Waals surface area contributed by atoms with Gasteiger partial charge in [0.05, 0.1) is 0 Å². The van der Waals surface area contributed by atoms with E-state index in [0.717, 1.165) is 16.9 Å². The van der Waals surface area contributed by atoms with Gasteiger partial charge >= 0.3 is 0 Å². The Morgan fingerprint density at radius 3 is 2.83 bits per heavy atom. The molecule has 0 N–H and O–H groups in total. The van der Waals surface area contributed by atoms with Gasteiger partial charge in [-0.1, -0.05) is 50.5 Å². The lowest BCUT2D eigenvalue weighted by Crippen LogP contribution is -2.18. The van der Waals surface area contributed by atoms with Gasteiger partial charge < -0.3 is 4.42 Å². The van der Waals surface area contributed by atoms with Crippen LogP contribution in [0.3, 0.4) is 0 Å². The zero-order valence-electron chi connectivity index (χ0n) is 11.0. The van der Waals surface area contributed by atoms with Gasteiger partial charge in [-0.3, -0.25) is 0 Å². The summed E-state index contributed by atoms with van der Waals surface area (Å²) in [6.07, 6.45) is 8.88. The van der Waals surface area contributed by atoms with Crippen molar-refractivity contribution in [3.8, 4) is 0 Å². The first-order valence-electron chi connectivity index (χ1n) is 6.95. The maximum absolute atomic E-state index is 5.75. The van der Waals surface area contributed by atoms with E-state index >= 15 is 0 Å². The maximum Gasteiger partial charge on any atom is 0.135 e. The zero-order chi connectivity index (χ0) is 12.5. The second kappa shape index (κ2) is 4.64. The quantitative estimate of drug-likeness (QED) is 0.784. The number of rotatable bonds is 2. The third-order valence-electron chi connectivity index (χ3n) is 4.19. The number of hydrogen-bond donors (Lipinski definition) is 0. The highest BCUT2D eigenvalue weighted by Crippen LogP contribution is 2.29. The summed E-state index contributed by atoms with van der Waals surface area (Å²) in [5.41, 5.74) is 3.22. The van der Waals surface area contributed by atoms with Crippen molar-refractivity contribution in [3.63, 3.8) is 0 Å². The van der Waals surface area contributed by atoms with E-state index in [-0.39, 0.29) is 0 Å². The summed E-state index contributed by atoms with van der Waals surface area (Å²) in [5.74, 6) is 0.864. The SMILES string of the molecule is C=c1oc2cccc(CC3CCCC3)c2/c1=C/C. The van der Waals surface area contributed by atoms with Crippen molar-refractivity contribution in [2.24, 2.45) is 5.92 Å². The van der Waals surface area contributed by atoms with Gasteiger partial charge in [-0.2, -0.15) is 0 Å². The molecule has 1 aliphatic carbocycles. The Morgan fingerprint density at radius 1 is 1.33 bits per heavy atom. The van der Waals surface area contributed by atoms with Crippen LogP contribution in [0.25, 0.3) is 23.6 Å². The summed E-state index contributed by atoms with van der Waals surface area (Å²) >= 11 is 0. The molecule has 1 fully saturated rings. The van der Waals surface area contributed by atoms with E-state index in [0.29, 0.717) is 0 Å². The smallest absolute Gasteiger partial charge is 0.135 e. The molecular weight excluding hydrogens is 220 g/mol. The maximum atomic E-state index is 5.75. The first-order chi connectivity index (χ1) is 8.79. The molecule has 0 radical (unpaired) electrons. The van der Waals surface area contributed by atoms with Crippen LogP contribution in [-0.2, 0) is 6.42 Å². The average Bonchev–Trinajstić information content (AvgIpc) is 2.96.